The minimum atomic E-state index is -1.10. The van der Waals surface area contributed by atoms with Crippen molar-refractivity contribution in [1.82, 2.24) is 25.1 Å². The van der Waals surface area contributed by atoms with Crippen molar-refractivity contribution in [2.24, 2.45) is 0 Å². The van der Waals surface area contributed by atoms with Crippen LogP contribution in [0.4, 0.5) is 9.59 Å². The topological polar surface area (TPSA) is 126 Å². The van der Waals surface area contributed by atoms with Gasteiger partial charge in [0.05, 0.1) is 18.9 Å². The van der Waals surface area contributed by atoms with Crippen LogP contribution in [0, 0.1) is 0 Å². The molecule has 1 aliphatic heterocycles. The molecule has 1 aromatic rings. The summed E-state index contributed by atoms with van der Waals surface area (Å²) in [5.74, 6) is -0.191. The largest absolute Gasteiger partial charge is 0.464 e. The highest BCUT2D eigenvalue weighted by Gasteiger charge is 2.42. The maximum atomic E-state index is 13.2. The lowest BCUT2D eigenvalue weighted by atomic mass is 9.80. The van der Waals surface area contributed by atoms with Crippen LogP contribution in [0.1, 0.15) is 44.7 Å². The smallest absolute Gasteiger partial charge is 0.416 e. The summed E-state index contributed by atoms with van der Waals surface area (Å²) in [6.07, 6.45) is 5.99. The van der Waals surface area contributed by atoms with Crippen LogP contribution in [0.5, 0.6) is 0 Å². The monoisotopic (exact) mass is 407 g/mol. The van der Waals surface area contributed by atoms with Crippen molar-refractivity contribution in [3.63, 3.8) is 0 Å². The number of hydrogen-bond donors (Lipinski definition) is 3. The second-order valence-electron chi connectivity index (χ2n) is 7.81. The highest BCUT2D eigenvalue weighted by molar-refractivity contribution is 5.91. The Morgan fingerprint density at radius 3 is 2.55 bits per heavy atom. The highest BCUT2D eigenvalue weighted by Crippen LogP contribution is 2.29. The third-order valence-electron chi connectivity index (χ3n) is 5.54. The summed E-state index contributed by atoms with van der Waals surface area (Å²) < 4.78 is 6.27. The predicted octanol–water partition coefficient (Wildman–Crippen LogP) is 1.20. The van der Waals surface area contributed by atoms with E-state index in [1.807, 2.05) is 6.92 Å². The van der Waals surface area contributed by atoms with E-state index in [4.69, 9.17) is 9.84 Å². The van der Waals surface area contributed by atoms with Crippen molar-refractivity contribution < 1.29 is 24.2 Å². The van der Waals surface area contributed by atoms with Gasteiger partial charge in [0, 0.05) is 31.7 Å². The van der Waals surface area contributed by atoms with E-state index in [9.17, 15) is 14.4 Å². The molecule has 10 nitrogen and oxygen atoms in total. The number of nitrogens with one attached hydrogen (secondary N) is 2. The number of imidazole rings is 1. The molecule has 2 fully saturated rings. The Balaban J connectivity index is 1.63. The minimum absolute atomic E-state index is 0.191. The van der Waals surface area contributed by atoms with Gasteiger partial charge >= 0.3 is 12.1 Å². The standard InChI is InChI=1S/C19H29N5O5/c1-14(11-15-12-24(13-20-15)18(27)28)21-16(25)19(5-3-2-4-6-19)22-17(26)23-7-9-29-10-8-23/h12-14H,2-11H2,1H3,(H,21,25)(H,22,26)(H,27,28)/t14-/m1/s1. The second-order valence-corrected chi connectivity index (χ2v) is 7.81. The lowest BCUT2D eigenvalue weighted by Gasteiger charge is -2.39. The number of nitrogens with zero attached hydrogens (tertiary/aromatic N) is 3. The van der Waals surface area contributed by atoms with Gasteiger partial charge in [-0.3, -0.25) is 4.79 Å². The van der Waals surface area contributed by atoms with Crippen molar-refractivity contribution in [3.8, 4) is 0 Å². The molecule has 1 saturated carbocycles. The minimum Gasteiger partial charge on any atom is -0.464 e. The summed E-state index contributed by atoms with van der Waals surface area (Å²) in [6, 6.07) is -0.475. The van der Waals surface area contributed by atoms with Gasteiger partial charge in [0.2, 0.25) is 5.91 Å². The van der Waals surface area contributed by atoms with Gasteiger partial charge in [0.1, 0.15) is 11.9 Å². The zero-order chi connectivity index (χ0) is 20.9. The molecule has 1 atom stereocenters. The molecule has 2 aliphatic rings. The van der Waals surface area contributed by atoms with Gasteiger partial charge in [-0.25, -0.2) is 19.1 Å². The first-order valence-corrected chi connectivity index (χ1v) is 10.1. The molecule has 3 N–H and O–H groups in total. The molecule has 0 spiro atoms. The van der Waals surface area contributed by atoms with Crippen molar-refractivity contribution in [2.75, 3.05) is 26.3 Å². The molecule has 2 heterocycles. The number of urea groups is 1. The average Bonchev–Trinajstić information content (AvgIpc) is 3.18. The van der Waals surface area contributed by atoms with Crippen molar-refractivity contribution in [3.05, 3.63) is 18.2 Å². The van der Waals surface area contributed by atoms with Crippen LogP contribution >= 0.6 is 0 Å². The fourth-order valence-electron chi connectivity index (χ4n) is 3.91. The lowest BCUT2D eigenvalue weighted by molar-refractivity contribution is -0.129. The molecule has 3 rings (SSSR count). The van der Waals surface area contributed by atoms with E-state index in [1.165, 1.54) is 12.5 Å². The first-order chi connectivity index (χ1) is 13.9. The predicted molar refractivity (Wildman–Crippen MR) is 104 cm³/mol. The third-order valence-corrected chi connectivity index (χ3v) is 5.54. The number of morpholine rings is 1. The van der Waals surface area contributed by atoms with Gasteiger partial charge in [0.25, 0.3) is 0 Å². The number of carboxylic acid groups (broad SMARTS) is 1. The summed E-state index contributed by atoms with van der Waals surface area (Å²) in [6.45, 7) is 3.90. The molecule has 1 saturated heterocycles. The molecule has 0 aromatic carbocycles. The average molecular weight is 407 g/mol. The fourth-order valence-corrected chi connectivity index (χ4v) is 3.91. The number of hydrogen-bond acceptors (Lipinski definition) is 5. The molecule has 10 heteroatoms. The number of amides is 3. The van der Waals surface area contributed by atoms with Crippen LogP contribution in [0.25, 0.3) is 0 Å². The van der Waals surface area contributed by atoms with Gasteiger partial charge in [-0.15, -0.1) is 0 Å². The highest BCUT2D eigenvalue weighted by atomic mass is 16.5. The summed E-state index contributed by atoms with van der Waals surface area (Å²) in [7, 11) is 0. The first-order valence-electron chi connectivity index (χ1n) is 10.1. The van der Waals surface area contributed by atoms with Gasteiger partial charge < -0.3 is 25.4 Å². The maximum Gasteiger partial charge on any atom is 0.416 e. The second kappa shape index (κ2) is 9.25. The Kier molecular flexibility index (Phi) is 6.73. The van der Waals surface area contributed by atoms with Gasteiger partial charge in [-0.05, 0) is 19.8 Å². The fraction of sp³-hybridized carbons (Fsp3) is 0.684. The quantitative estimate of drug-likeness (QED) is 0.673. The van der Waals surface area contributed by atoms with Crippen LogP contribution in [0.3, 0.4) is 0 Å². The van der Waals surface area contributed by atoms with Crippen LogP contribution in [0.15, 0.2) is 12.5 Å². The summed E-state index contributed by atoms with van der Waals surface area (Å²) in [5.41, 5.74) is -0.335. The molecule has 1 aliphatic carbocycles. The van der Waals surface area contributed by atoms with Gasteiger partial charge in [-0.1, -0.05) is 19.3 Å². The third kappa shape index (κ3) is 5.26. The van der Waals surface area contributed by atoms with Crippen LogP contribution < -0.4 is 10.6 Å². The van der Waals surface area contributed by atoms with E-state index in [1.54, 1.807) is 4.90 Å². The van der Waals surface area contributed by atoms with Crippen molar-refractivity contribution in [1.29, 1.82) is 0 Å². The zero-order valence-corrected chi connectivity index (χ0v) is 16.7. The first kappa shape index (κ1) is 21.1. The molecule has 0 bridgehead atoms. The summed E-state index contributed by atoms with van der Waals surface area (Å²) in [4.78, 5) is 42.6. The molecule has 0 unspecified atom stereocenters. The van der Waals surface area contributed by atoms with Crippen molar-refractivity contribution >= 4 is 18.0 Å². The van der Waals surface area contributed by atoms with E-state index in [0.717, 1.165) is 23.8 Å². The van der Waals surface area contributed by atoms with E-state index in [2.05, 4.69) is 15.6 Å². The van der Waals surface area contributed by atoms with Gasteiger partial charge in [0.15, 0.2) is 0 Å². The molecular weight excluding hydrogens is 378 g/mol. The van der Waals surface area contributed by atoms with E-state index < -0.39 is 11.6 Å². The summed E-state index contributed by atoms with van der Waals surface area (Å²) in [5, 5.41) is 15.0. The van der Waals surface area contributed by atoms with Crippen LogP contribution in [0.2, 0.25) is 0 Å². The van der Waals surface area contributed by atoms with E-state index in [0.29, 0.717) is 51.3 Å². The Labute approximate surface area is 169 Å². The number of aromatic nitrogens is 2. The Bertz CT molecular complexity index is 737. The Hall–Kier alpha value is -2.62. The Morgan fingerprint density at radius 2 is 1.93 bits per heavy atom. The molecule has 1 aromatic heterocycles. The van der Waals surface area contributed by atoms with E-state index >= 15 is 0 Å². The molecule has 0 radical (unpaired) electrons. The van der Waals surface area contributed by atoms with Crippen LogP contribution in [-0.2, 0) is 16.0 Å². The SMILES string of the molecule is C[C@H](Cc1cn(C(=O)O)cn1)NC(=O)C1(NC(=O)N2CCOCC2)CCCCC1. The normalized spacial score (nSPS) is 20.0. The van der Waals surface area contributed by atoms with Gasteiger partial charge in [-0.2, -0.15) is 0 Å². The lowest BCUT2D eigenvalue weighted by Crippen LogP contribution is -2.63. The van der Waals surface area contributed by atoms with E-state index in [-0.39, 0.29) is 18.0 Å². The van der Waals surface area contributed by atoms with Crippen molar-refractivity contribution in [2.45, 2.75) is 57.0 Å². The zero-order valence-electron chi connectivity index (χ0n) is 16.7. The maximum absolute atomic E-state index is 13.2. The number of carbonyl (C=O) groups excluding carboxylic acids is 2. The Morgan fingerprint density at radius 1 is 1.24 bits per heavy atom. The molecule has 160 valence electrons. The molecular formula is C19H29N5O5. The number of rotatable bonds is 5. The summed E-state index contributed by atoms with van der Waals surface area (Å²) >= 11 is 0. The number of ether oxygens (including phenoxy) is 1. The molecule has 3 amide bonds. The van der Waals surface area contributed by atoms with Crippen LogP contribution in [-0.4, -0.2) is 75.5 Å². The number of carbonyl (C=O) groups is 3. The molecule has 29 heavy (non-hydrogen) atoms.